The van der Waals surface area contributed by atoms with E-state index in [0.717, 1.165) is 34.0 Å². The fraction of sp³-hybridized carbons (Fsp3) is 0.429. The van der Waals surface area contributed by atoms with Crippen LogP contribution < -0.4 is 5.73 Å². The summed E-state index contributed by atoms with van der Waals surface area (Å²) in [6.45, 7) is 2.02. The molecule has 1 aromatic heterocycles. The van der Waals surface area contributed by atoms with Gasteiger partial charge in [-0.3, -0.25) is 5.41 Å². The lowest BCUT2D eigenvalue weighted by molar-refractivity contribution is 0.423. The molecule has 0 saturated heterocycles. The highest BCUT2D eigenvalue weighted by Gasteiger charge is 2.22. The Hall–Kier alpha value is -1.89. The molecular weight excluding hydrogens is 284 g/mol. The topological polar surface area (TPSA) is 93.5 Å². The van der Waals surface area contributed by atoms with E-state index in [4.69, 9.17) is 11.1 Å². The summed E-state index contributed by atoms with van der Waals surface area (Å²) in [7, 11) is 0. The van der Waals surface area contributed by atoms with Crippen LogP contribution in [0.4, 0.5) is 0 Å². The molecular formula is C14H18N6S. The van der Waals surface area contributed by atoms with Gasteiger partial charge in [0.25, 0.3) is 0 Å². The summed E-state index contributed by atoms with van der Waals surface area (Å²) in [5, 5.41) is 20.6. The van der Waals surface area contributed by atoms with Crippen molar-refractivity contribution in [2.24, 2.45) is 5.73 Å². The Balaban J connectivity index is 1.92. The molecule has 0 atom stereocenters. The largest absolute Gasteiger partial charge is 0.384 e. The average molecular weight is 302 g/mol. The highest BCUT2D eigenvalue weighted by atomic mass is 32.2. The number of nitrogens with one attached hydrogen (secondary N) is 1. The monoisotopic (exact) mass is 302 g/mol. The molecule has 2 aromatic rings. The van der Waals surface area contributed by atoms with E-state index in [-0.39, 0.29) is 5.84 Å². The molecule has 110 valence electrons. The summed E-state index contributed by atoms with van der Waals surface area (Å²) in [5.41, 5.74) is 7.52. The van der Waals surface area contributed by atoms with Crippen LogP contribution in [0.2, 0.25) is 0 Å². The second-order valence-corrected chi connectivity index (χ2v) is 6.37. The van der Waals surface area contributed by atoms with Crippen molar-refractivity contribution in [1.29, 1.82) is 5.41 Å². The Morgan fingerprint density at radius 3 is 2.86 bits per heavy atom. The second kappa shape index (κ2) is 5.85. The van der Waals surface area contributed by atoms with Crippen molar-refractivity contribution in [2.75, 3.05) is 0 Å². The van der Waals surface area contributed by atoms with Gasteiger partial charge in [-0.25, -0.2) is 4.68 Å². The number of aromatic nitrogens is 4. The number of aryl methyl sites for hydroxylation is 1. The van der Waals surface area contributed by atoms with Gasteiger partial charge in [0.1, 0.15) is 5.84 Å². The zero-order chi connectivity index (χ0) is 14.8. The van der Waals surface area contributed by atoms with Gasteiger partial charge in [0, 0.05) is 10.5 Å². The Morgan fingerprint density at radius 2 is 2.14 bits per heavy atom. The predicted molar refractivity (Wildman–Crippen MR) is 81.6 cm³/mol. The summed E-state index contributed by atoms with van der Waals surface area (Å²) in [4.78, 5) is 0.927. The van der Waals surface area contributed by atoms with Crippen molar-refractivity contribution in [2.45, 2.75) is 48.7 Å². The van der Waals surface area contributed by atoms with Gasteiger partial charge in [-0.05, 0) is 59.7 Å². The molecule has 6 nitrogen and oxygen atoms in total. The minimum atomic E-state index is 0.0670. The van der Waals surface area contributed by atoms with Crippen LogP contribution in [-0.2, 0) is 0 Å². The van der Waals surface area contributed by atoms with Gasteiger partial charge >= 0.3 is 0 Å². The lowest BCUT2D eigenvalue weighted by Crippen LogP contribution is -2.13. The maximum atomic E-state index is 7.70. The quantitative estimate of drug-likeness (QED) is 0.668. The zero-order valence-corrected chi connectivity index (χ0v) is 12.7. The molecule has 0 amide bonds. The second-order valence-electron chi connectivity index (χ2n) is 5.36. The minimum absolute atomic E-state index is 0.0670. The first-order valence-electron chi connectivity index (χ1n) is 7.06. The van der Waals surface area contributed by atoms with Gasteiger partial charge in [-0.15, -0.1) is 5.10 Å². The Morgan fingerprint density at radius 1 is 1.38 bits per heavy atom. The van der Waals surface area contributed by atoms with E-state index in [1.165, 1.54) is 24.6 Å². The third kappa shape index (κ3) is 2.92. The van der Waals surface area contributed by atoms with Crippen LogP contribution in [0.3, 0.4) is 0 Å². The van der Waals surface area contributed by atoms with Crippen molar-refractivity contribution in [1.82, 2.24) is 20.2 Å². The summed E-state index contributed by atoms with van der Waals surface area (Å²) in [5.74, 6) is 0.0670. The maximum Gasteiger partial charge on any atom is 0.214 e. The molecule has 3 N–H and O–H groups in total. The Labute approximate surface area is 127 Å². The van der Waals surface area contributed by atoms with Crippen molar-refractivity contribution in [3.8, 4) is 0 Å². The van der Waals surface area contributed by atoms with E-state index in [0.29, 0.717) is 6.04 Å². The predicted octanol–water partition coefficient (Wildman–Crippen LogP) is 2.53. The van der Waals surface area contributed by atoms with Crippen LogP contribution in [0.15, 0.2) is 28.3 Å². The van der Waals surface area contributed by atoms with Gasteiger partial charge in [0.2, 0.25) is 5.16 Å². The summed E-state index contributed by atoms with van der Waals surface area (Å²) < 4.78 is 1.92. The van der Waals surface area contributed by atoms with Crippen LogP contribution in [-0.4, -0.2) is 26.0 Å². The standard InChI is InChI=1S/C14H18N6S/c1-9-6-7-11(13(15)16)12(8-9)21-14-17-18-19-20(14)10-4-2-3-5-10/h6-8,10H,2-5H2,1H3,(H3,15,16). The first-order chi connectivity index (χ1) is 10.1. The lowest BCUT2D eigenvalue weighted by atomic mass is 10.1. The first kappa shape index (κ1) is 14.1. The minimum Gasteiger partial charge on any atom is -0.384 e. The fourth-order valence-electron chi connectivity index (χ4n) is 2.67. The van der Waals surface area contributed by atoms with Crippen LogP contribution in [0.1, 0.15) is 42.9 Å². The Kier molecular flexibility index (Phi) is 3.92. The van der Waals surface area contributed by atoms with Crippen LogP contribution >= 0.6 is 11.8 Å². The first-order valence-corrected chi connectivity index (χ1v) is 7.87. The van der Waals surface area contributed by atoms with Crippen LogP contribution in [0.25, 0.3) is 0 Å². The molecule has 1 fully saturated rings. The van der Waals surface area contributed by atoms with Crippen LogP contribution in [0, 0.1) is 12.3 Å². The van der Waals surface area contributed by atoms with Gasteiger partial charge in [0.05, 0.1) is 6.04 Å². The van der Waals surface area contributed by atoms with E-state index in [1.807, 2.05) is 29.8 Å². The van der Waals surface area contributed by atoms with E-state index in [1.54, 1.807) is 0 Å². The van der Waals surface area contributed by atoms with E-state index >= 15 is 0 Å². The third-order valence-corrected chi connectivity index (χ3v) is 4.77. The number of benzene rings is 1. The van der Waals surface area contributed by atoms with E-state index < -0.39 is 0 Å². The third-order valence-electron chi connectivity index (χ3n) is 3.76. The molecule has 3 rings (SSSR count). The van der Waals surface area contributed by atoms with Gasteiger partial charge in [-0.1, -0.05) is 18.9 Å². The number of nitrogen functional groups attached to an aromatic ring is 1. The van der Waals surface area contributed by atoms with Gasteiger partial charge in [-0.2, -0.15) is 0 Å². The number of hydrogen-bond acceptors (Lipinski definition) is 5. The Bertz CT molecular complexity index is 659. The number of amidine groups is 1. The summed E-state index contributed by atoms with van der Waals surface area (Å²) in [6, 6.07) is 6.26. The van der Waals surface area contributed by atoms with Crippen LogP contribution in [0.5, 0.6) is 0 Å². The summed E-state index contributed by atoms with van der Waals surface area (Å²) >= 11 is 1.48. The molecule has 0 aliphatic heterocycles. The fourth-order valence-corrected chi connectivity index (χ4v) is 3.75. The number of tetrazole rings is 1. The van der Waals surface area contributed by atoms with E-state index in [9.17, 15) is 0 Å². The zero-order valence-electron chi connectivity index (χ0n) is 11.9. The highest BCUT2D eigenvalue weighted by molar-refractivity contribution is 7.99. The molecule has 1 saturated carbocycles. The molecule has 1 heterocycles. The lowest BCUT2D eigenvalue weighted by Gasteiger charge is -2.12. The van der Waals surface area contributed by atoms with Crippen molar-refractivity contribution in [3.05, 3.63) is 29.3 Å². The molecule has 0 bridgehead atoms. The number of nitrogens with two attached hydrogens (primary N) is 1. The summed E-state index contributed by atoms with van der Waals surface area (Å²) in [6.07, 6.45) is 4.73. The molecule has 0 spiro atoms. The molecule has 7 heteroatoms. The van der Waals surface area contributed by atoms with Crippen molar-refractivity contribution in [3.63, 3.8) is 0 Å². The highest BCUT2D eigenvalue weighted by Crippen LogP contribution is 2.35. The molecule has 1 aromatic carbocycles. The molecule has 1 aliphatic rings. The number of nitrogens with zero attached hydrogens (tertiary/aromatic N) is 4. The normalized spacial score (nSPS) is 15.5. The maximum absolute atomic E-state index is 7.70. The molecule has 0 radical (unpaired) electrons. The smallest absolute Gasteiger partial charge is 0.214 e. The van der Waals surface area contributed by atoms with Crippen molar-refractivity contribution < 1.29 is 0 Å². The van der Waals surface area contributed by atoms with Crippen molar-refractivity contribution >= 4 is 17.6 Å². The van der Waals surface area contributed by atoms with Gasteiger partial charge < -0.3 is 5.73 Å². The van der Waals surface area contributed by atoms with E-state index in [2.05, 4.69) is 15.5 Å². The SMILES string of the molecule is Cc1ccc(C(=N)N)c(Sc2nnnn2C2CCCC2)c1. The van der Waals surface area contributed by atoms with Gasteiger partial charge in [0.15, 0.2) is 0 Å². The molecule has 21 heavy (non-hydrogen) atoms. The molecule has 0 unspecified atom stereocenters. The molecule has 1 aliphatic carbocycles. The average Bonchev–Trinajstić information content (AvgIpc) is 3.08. The number of hydrogen-bond donors (Lipinski definition) is 2. The number of rotatable bonds is 4.